The molecule has 0 aliphatic heterocycles. The van der Waals surface area contributed by atoms with Gasteiger partial charge < -0.3 is 8.83 Å². The highest BCUT2D eigenvalue weighted by Gasteiger charge is 2.17. The Morgan fingerprint density at radius 1 is 1.30 bits per heavy atom. The number of furan rings is 1. The summed E-state index contributed by atoms with van der Waals surface area (Å²) < 4.78 is 10.8. The second-order valence-electron chi connectivity index (χ2n) is 4.58. The number of hydrogen-bond acceptors (Lipinski definition) is 6. The predicted octanol–water partition coefficient (Wildman–Crippen LogP) is 3.58. The van der Waals surface area contributed by atoms with E-state index in [2.05, 4.69) is 39.5 Å². The first-order chi connectivity index (χ1) is 9.74. The molecule has 0 bridgehead atoms. The van der Waals surface area contributed by atoms with Gasteiger partial charge in [0.1, 0.15) is 0 Å². The van der Waals surface area contributed by atoms with Gasteiger partial charge in [-0.15, -0.1) is 21.5 Å². The van der Waals surface area contributed by atoms with Crippen molar-refractivity contribution in [2.45, 2.75) is 19.5 Å². The molecule has 104 valence electrons. The topological polar surface area (TPSA) is 55.3 Å². The summed E-state index contributed by atoms with van der Waals surface area (Å²) in [5.74, 6) is 1.60. The average Bonchev–Trinajstić information content (AvgIpc) is 3.19. The van der Waals surface area contributed by atoms with E-state index < -0.39 is 0 Å². The molecule has 3 aromatic heterocycles. The number of rotatable bonds is 5. The van der Waals surface area contributed by atoms with Crippen LogP contribution in [0.5, 0.6) is 0 Å². The zero-order valence-electron chi connectivity index (χ0n) is 11.3. The Morgan fingerprint density at radius 2 is 2.20 bits per heavy atom. The summed E-state index contributed by atoms with van der Waals surface area (Å²) in [4.78, 5) is 3.49. The van der Waals surface area contributed by atoms with Crippen molar-refractivity contribution in [3.63, 3.8) is 0 Å². The van der Waals surface area contributed by atoms with E-state index in [-0.39, 0.29) is 0 Å². The van der Waals surface area contributed by atoms with Crippen molar-refractivity contribution in [3.8, 4) is 11.7 Å². The van der Waals surface area contributed by atoms with Gasteiger partial charge in [-0.3, -0.25) is 4.90 Å². The van der Waals surface area contributed by atoms with E-state index in [4.69, 9.17) is 8.83 Å². The van der Waals surface area contributed by atoms with Gasteiger partial charge in [0, 0.05) is 10.9 Å². The summed E-state index contributed by atoms with van der Waals surface area (Å²) in [6.07, 6.45) is 1.59. The van der Waals surface area contributed by atoms with Gasteiger partial charge in [0.25, 0.3) is 5.89 Å². The minimum Gasteiger partial charge on any atom is -0.459 e. The highest BCUT2D eigenvalue weighted by molar-refractivity contribution is 7.10. The van der Waals surface area contributed by atoms with Crippen LogP contribution in [0.1, 0.15) is 23.7 Å². The van der Waals surface area contributed by atoms with Gasteiger partial charge in [-0.05, 0) is 37.6 Å². The third-order valence-corrected chi connectivity index (χ3v) is 4.24. The van der Waals surface area contributed by atoms with Crippen LogP contribution in [0.4, 0.5) is 0 Å². The maximum Gasteiger partial charge on any atom is 0.283 e. The van der Waals surface area contributed by atoms with Crippen molar-refractivity contribution in [3.05, 3.63) is 46.7 Å². The molecule has 0 spiro atoms. The van der Waals surface area contributed by atoms with Crippen molar-refractivity contribution in [1.29, 1.82) is 0 Å². The van der Waals surface area contributed by atoms with Crippen LogP contribution in [0, 0.1) is 0 Å². The molecule has 0 radical (unpaired) electrons. The molecule has 1 atom stereocenters. The fourth-order valence-electron chi connectivity index (χ4n) is 1.91. The van der Waals surface area contributed by atoms with Crippen molar-refractivity contribution in [2.75, 3.05) is 7.05 Å². The molecule has 0 aliphatic rings. The minimum atomic E-state index is 0.314. The van der Waals surface area contributed by atoms with E-state index in [0.717, 1.165) is 0 Å². The molecular weight excluding hydrogens is 274 g/mol. The van der Waals surface area contributed by atoms with Gasteiger partial charge in [0.15, 0.2) is 5.76 Å². The van der Waals surface area contributed by atoms with E-state index in [1.54, 1.807) is 29.7 Å². The van der Waals surface area contributed by atoms with Crippen molar-refractivity contribution < 1.29 is 8.83 Å². The summed E-state index contributed by atoms with van der Waals surface area (Å²) in [6.45, 7) is 2.77. The largest absolute Gasteiger partial charge is 0.459 e. The quantitative estimate of drug-likeness (QED) is 0.718. The molecule has 20 heavy (non-hydrogen) atoms. The Labute approximate surface area is 120 Å². The van der Waals surface area contributed by atoms with Crippen LogP contribution in [0.2, 0.25) is 0 Å². The molecule has 3 aromatic rings. The summed E-state index contributed by atoms with van der Waals surface area (Å²) in [5, 5.41) is 10.1. The first kappa shape index (κ1) is 13.1. The Morgan fingerprint density at radius 3 is 2.90 bits per heavy atom. The zero-order chi connectivity index (χ0) is 13.9. The monoisotopic (exact) mass is 289 g/mol. The Hall–Kier alpha value is -1.92. The molecule has 0 N–H and O–H groups in total. The van der Waals surface area contributed by atoms with Crippen LogP contribution < -0.4 is 0 Å². The summed E-state index contributed by atoms with van der Waals surface area (Å²) in [7, 11) is 2.04. The maximum atomic E-state index is 5.61. The highest BCUT2D eigenvalue weighted by Crippen LogP contribution is 2.25. The zero-order valence-corrected chi connectivity index (χ0v) is 12.1. The first-order valence-corrected chi connectivity index (χ1v) is 7.22. The van der Waals surface area contributed by atoms with Gasteiger partial charge in [-0.2, -0.15) is 0 Å². The lowest BCUT2D eigenvalue weighted by Crippen LogP contribution is -2.21. The molecule has 0 amide bonds. The number of hydrogen-bond donors (Lipinski definition) is 0. The number of thiophene rings is 1. The van der Waals surface area contributed by atoms with Gasteiger partial charge in [-0.1, -0.05) is 6.07 Å². The van der Waals surface area contributed by atoms with Gasteiger partial charge in [-0.25, -0.2) is 0 Å². The van der Waals surface area contributed by atoms with E-state index >= 15 is 0 Å². The lowest BCUT2D eigenvalue weighted by atomic mass is 10.2. The van der Waals surface area contributed by atoms with Crippen molar-refractivity contribution >= 4 is 11.3 Å². The van der Waals surface area contributed by atoms with E-state index in [9.17, 15) is 0 Å². The minimum absolute atomic E-state index is 0.314. The van der Waals surface area contributed by atoms with E-state index in [1.165, 1.54) is 4.88 Å². The second kappa shape index (κ2) is 5.60. The van der Waals surface area contributed by atoms with Crippen molar-refractivity contribution in [1.82, 2.24) is 15.1 Å². The van der Waals surface area contributed by atoms with Crippen LogP contribution in [0.3, 0.4) is 0 Å². The molecule has 6 heteroatoms. The molecule has 0 fully saturated rings. The third-order valence-electron chi connectivity index (χ3n) is 3.20. The number of aromatic nitrogens is 2. The van der Waals surface area contributed by atoms with Crippen molar-refractivity contribution in [2.24, 2.45) is 0 Å². The maximum absolute atomic E-state index is 5.61. The average molecular weight is 289 g/mol. The van der Waals surface area contributed by atoms with Crippen LogP contribution in [0.15, 0.2) is 44.7 Å². The summed E-state index contributed by atoms with van der Waals surface area (Å²) in [6, 6.07) is 8.10. The van der Waals surface area contributed by atoms with E-state index in [1.807, 2.05) is 7.05 Å². The van der Waals surface area contributed by atoms with Gasteiger partial charge in [0.05, 0.1) is 12.8 Å². The summed E-state index contributed by atoms with van der Waals surface area (Å²) in [5.41, 5.74) is 0. The standard InChI is InChI=1S/C14H15N3O2S/c1-10(12-6-4-8-20-12)17(2)9-13-15-16-14(19-13)11-5-3-7-18-11/h3-8,10H,9H2,1-2H3. The molecule has 1 unspecified atom stereocenters. The fraction of sp³-hybridized carbons (Fsp3) is 0.286. The molecule has 3 rings (SSSR count). The lowest BCUT2D eigenvalue weighted by Gasteiger charge is -2.21. The SMILES string of the molecule is CC(c1cccs1)N(C)Cc1nnc(-c2ccco2)o1. The Kier molecular flexibility index (Phi) is 3.66. The normalized spacial score (nSPS) is 12.9. The van der Waals surface area contributed by atoms with Crippen LogP contribution in [-0.4, -0.2) is 22.1 Å². The molecule has 0 aromatic carbocycles. The van der Waals surface area contributed by atoms with E-state index in [0.29, 0.717) is 30.1 Å². The van der Waals surface area contributed by atoms with Gasteiger partial charge >= 0.3 is 0 Å². The molecular formula is C14H15N3O2S. The Balaban J connectivity index is 1.69. The molecule has 0 saturated heterocycles. The molecule has 0 saturated carbocycles. The first-order valence-electron chi connectivity index (χ1n) is 6.34. The summed E-state index contributed by atoms with van der Waals surface area (Å²) >= 11 is 1.75. The third kappa shape index (κ3) is 2.66. The Bertz CT molecular complexity index is 646. The van der Waals surface area contributed by atoms with Crippen LogP contribution in [0.25, 0.3) is 11.7 Å². The van der Waals surface area contributed by atoms with Crippen LogP contribution >= 0.6 is 11.3 Å². The number of nitrogens with zero attached hydrogens (tertiary/aromatic N) is 3. The van der Waals surface area contributed by atoms with Gasteiger partial charge in [0.2, 0.25) is 5.89 Å². The highest BCUT2D eigenvalue weighted by atomic mass is 32.1. The molecule has 3 heterocycles. The lowest BCUT2D eigenvalue weighted by molar-refractivity contribution is 0.231. The predicted molar refractivity (Wildman–Crippen MR) is 76.2 cm³/mol. The smallest absolute Gasteiger partial charge is 0.283 e. The molecule has 5 nitrogen and oxygen atoms in total. The van der Waals surface area contributed by atoms with Crippen LogP contribution in [-0.2, 0) is 6.54 Å². The molecule has 0 aliphatic carbocycles. The fourth-order valence-corrected chi connectivity index (χ4v) is 2.76. The second-order valence-corrected chi connectivity index (χ2v) is 5.56.